The van der Waals surface area contributed by atoms with Gasteiger partial charge in [0.15, 0.2) is 4.80 Å². The molecule has 0 aliphatic carbocycles. The number of ether oxygens (including phenoxy) is 2. The van der Waals surface area contributed by atoms with Gasteiger partial charge in [0.05, 0.1) is 28.5 Å². The van der Waals surface area contributed by atoms with Gasteiger partial charge in [0, 0.05) is 10.5 Å². The third-order valence-electron chi connectivity index (χ3n) is 7.21. The van der Waals surface area contributed by atoms with Crippen LogP contribution in [0.3, 0.4) is 0 Å². The highest BCUT2D eigenvalue weighted by Gasteiger charge is 2.35. The van der Waals surface area contributed by atoms with Crippen LogP contribution in [0.1, 0.15) is 35.2 Å². The van der Waals surface area contributed by atoms with Crippen LogP contribution in [0.15, 0.2) is 129 Å². The summed E-state index contributed by atoms with van der Waals surface area (Å²) in [5.74, 6) is 0.213. The first kappa shape index (κ1) is 29.4. The molecule has 0 spiro atoms. The first-order chi connectivity index (χ1) is 21.6. The first-order valence-corrected chi connectivity index (χ1v) is 16.3. The Bertz CT molecular complexity index is 2000. The highest BCUT2D eigenvalue weighted by Crippen LogP contribution is 2.35. The maximum Gasteiger partial charge on any atom is 0.338 e. The summed E-state index contributed by atoms with van der Waals surface area (Å²) in [6, 6.07) is 34.4. The van der Waals surface area contributed by atoms with Crippen molar-refractivity contribution >= 4 is 40.8 Å². The van der Waals surface area contributed by atoms with Gasteiger partial charge < -0.3 is 9.47 Å². The number of rotatable bonds is 9. The van der Waals surface area contributed by atoms with Crippen LogP contribution in [0.5, 0.6) is 5.75 Å². The third kappa shape index (κ3) is 6.18. The van der Waals surface area contributed by atoms with E-state index in [0.29, 0.717) is 33.0 Å². The largest absolute Gasteiger partial charge is 0.489 e. The van der Waals surface area contributed by atoms with Crippen LogP contribution in [0, 0.1) is 0 Å². The molecule has 44 heavy (non-hydrogen) atoms. The average Bonchev–Trinajstić information content (AvgIpc) is 3.38. The molecule has 0 bridgehead atoms. The minimum atomic E-state index is -0.709. The van der Waals surface area contributed by atoms with Gasteiger partial charge in [-0.2, -0.15) is 0 Å². The van der Waals surface area contributed by atoms with Crippen LogP contribution < -0.4 is 19.6 Å². The molecule has 1 aromatic heterocycles. The molecular weight excluding hydrogens is 589 g/mol. The maximum atomic E-state index is 14.2. The number of carbonyl (C=O) groups is 1. The summed E-state index contributed by atoms with van der Waals surface area (Å²) in [6.45, 7) is 2.42. The van der Waals surface area contributed by atoms with E-state index >= 15 is 0 Å². The van der Waals surface area contributed by atoms with E-state index in [0.717, 1.165) is 27.1 Å². The molecule has 220 valence electrons. The summed E-state index contributed by atoms with van der Waals surface area (Å²) in [7, 11) is 0. The van der Waals surface area contributed by atoms with Crippen LogP contribution >= 0.6 is 23.1 Å². The smallest absolute Gasteiger partial charge is 0.338 e. The third-order valence-corrected chi connectivity index (χ3v) is 8.94. The van der Waals surface area contributed by atoms with Crippen LogP contribution in [-0.2, 0) is 16.1 Å². The van der Waals surface area contributed by atoms with Gasteiger partial charge >= 0.3 is 5.97 Å². The van der Waals surface area contributed by atoms with Crippen LogP contribution in [0.2, 0.25) is 0 Å². The Morgan fingerprint density at radius 3 is 2.39 bits per heavy atom. The zero-order valence-electron chi connectivity index (χ0n) is 24.3. The zero-order valence-corrected chi connectivity index (χ0v) is 25.9. The van der Waals surface area contributed by atoms with Gasteiger partial charge in [0.25, 0.3) is 5.56 Å². The summed E-state index contributed by atoms with van der Waals surface area (Å²) in [6.07, 6.45) is 3.86. The van der Waals surface area contributed by atoms with E-state index < -0.39 is 12.0 Å². The van der Waals surface area contributed by atoms with E-state index in [4.69, 9.17) is 14.5 Å². The molecule has 0 saturated carbocycles. The molecule has 1 aliphatic rings. The van der Waals surface area contributed by atoms with Crippen LogP contribution in [-0.4, -0.2) is 23.4 Å². The number of fused-ring (bicyclic) bond motifs is 1. The van der Waals surface area contributed by atoms with E-state index in [2.05, 4.69) is 0 Å². The molecule has 0 N–H and O–H groups in total. The van der Waals surface area contributed by atoms with Crippen LogP contribution in [0.4, 0.5) is 0 Å². The normalized spacial score (nSPS) is 14.6. The van der Waals surface area contributed by atoms with Gasteiger partial charge in [-0.3, -0.25) is 9.36 Å². The molecule has 0 saturated heterocycles. The zero-order chi connectivity index (χ0) is 30.5. The molecule has 4 aromatic carbocycles. The monoisotopic (exact) mass is 618 g/mol. The second-order valence-electron chi connectivity index (χ2n) is 10.1. The number of thiazole rings is 1. The molecule has 0 radical (unpaired) electrons. The SMILES string of the molecule is CCOC(=O)C1=C(c2ccccc2)N=c2s/c(=C/c3cccc(OCc4ccccc4)c3)c(=O)n2[C@@H]1c1ccc(SC)cc1. The lowest BCUT2D eigenvalue weighted by molar-refractivity contribution is -0.138. The quantitative estimate of drug-likeness (QED) is 0.145. The Kier molecular flexibility index (Phi) is 8.91. The van der Waals surface area contributed by atoms with E-state index in [1.165, 1.54) is 11.3 Å². The van der Waals surface area contributed by atoms with Crippen molar-refractivity contribution in [3.8, 4) is 5.75 Å². The van der Waals surface area contributed by atoms with Gasteiger partial charge in [0.2, 0.25) is 0 Å². The number of nitrogens with zero attached hydrogens (tertiary/aromatic N) is 2. The molecule has 0 amide bonds. The number of esters is 1. The van der Waals surface area contributed by atoms with Gasteiger partial charge in [-0.1, -0.05) is 96.3 Å². The molecule has 6 nitrogen and oxygen atoms in total. The minimum absolute atomic E-state index is 0.204. The fraction of sp³-hybridized carbons (Fsp3) is 0.139. The number of hydrogen-bond acceptors (Lipinski definition) is 7. The Hall–Kier alpha value is -4.66. The highest BCUT2D eigenvalue weighted by molar-refractivity contribution is 7.98. The molecule has 8 heteroatoms. The molecule has 2 heterocycles. The summed E-state index contributed by atoms with van der Waals surface area (Å²) in [5, 5.41) is 0. The Balaban J connectivity index is 1.49. The van der Waals surface area contributed by atoms with Crippen molar-refractivity contribution in [2.24, 2.45) is 4.99 Å². The standard InChI is InChI=1S/C36H30N2O4S2/c1-3-41-35(40)31-32(26-14-8-5-9-15-26)37-36-38(33(31)27-17-19-29(43-2)20-18-27)34(39)30(44-36)22-25-13-10-16-28(21-25)42-23-24-11-6-4-7-12-24/h4-22,33H,3,23H2,1-2H3/b30-22+/t33-/m1/s1. The van der Waals surface area contributed by atoms with E-state index in [1.54, 1.807) is 23.3 Å². The van der Waals surface area contributed by atoms with Crippen molar-refractivity contribution in [1.82, 2.24) is 4.57 Å². The van der Waals surface area contributed by atoms with Gasteiger partial charge in [-0.25, -0.2) is 9.79 Å². The van der Waals surface area contributed by atoms with Crippen molar-refractivity contribution in [3.63, 3.8) is 0 Å². The fourth-order valence-corrected chi connectivity index (χ4v) is 6.54. The van der Waals surface area contributed by atoms with E-state index in [1.807, 2.05) is 122 Å². The minimum Gasteiger partial charge on any atom is -0.489 e. The molecule has 1 atom stereocenters. The topological polar surface area (TPSA) is 69.9 Å². The summed E-state index contributed by atoms with van der Waals surface area (Å²) < 4.78 is 13.7. The lowest BCUT2D eigenvalue weighted by Gasteiger charge is -2.26. The van der Waals surface area contributed by atoms with E-state index in [9.17, 15) is 9.59 Å². The number of carbonyl (C=O) groups excluding carboxylic acids is 1. The molecular formula is C36H30N2O4S2. The summed E-state index contributed by atoms with van der Waals surface area (Å²) in [4.78, 5) is 34.3. The van der Waals surface area contributed by atoms with Crippen LogP contribution in [0.25, 0.3) is 11.8 Å². The van der Waals surface area contributed by atoms with Gasteiger partial charge in [-0.05, 0) is 60.2 Å². The fourth-order valence-electron chi connectivity index (χ4n) is 5.13. The lowest BCUT2D eigenvalue weighted by Crippen LogP contribution is -2.40. The Morgan fingerprint density at radius 2 is 1.68 bits per heavy atom. The lowest BCUT2D eigenvalue weighted by atomic mass is 9.93. The molecule has 0 fully saturated rings. The number of aromatic nitrogens is 1. The van der Waals surface area contributed by atoms with E-state index in [-0.39, 0.29) is 12.2 Å². The average molecular weight is 619 g/mol. The van der Waals surface area contributed by atoms with Crippen molar-refractivity contribution in [2.45, 2.75) is 24.5 Å². The highest BCUT2D eigenvalue weighted by atomic mass is 32.2. The van der Waals surface area contributed by atoms with Gasteiger partial charge in [-0.15, -0.1) is 11.8 Å². The van der Waals surface area contributed by atoms with Crippen molar-refractivity contribution < 1.29 is 14.3 Å². The first-order valence-electron chi connectivity index (χ1n) is 14.2. The molecule has 1 aliphatic heterocycles. The second kappa shape index (κ2) is 13.3. The molecule has 0 unspecified atom stereocenters. The number of thioether (sulfide) groups is 1. The Morgan fingerprint density at radius 1 is 0.955 bits per heavy atom. The molecule has 6 rings (SSSR count). The Labute approximate surface area is 263 Å². The predicted molar refractivity (Wildman–Crippen MR) is 176 cm³/mol. The summed E-state index contributed by atoms with van der Waals surface area (Å²) >= 11 is 2.93. The van der Waals surface area contributed by atoms with Crippen molar-refractivity contribution in [2.75, 3.05) is 12.9 Å². The van der Waals surface area contributed by atoms with Crippen molar-refractivity contribution in [1.29, 1.82) is 0 Å². The maximum absolute atomic E-state index is 14.2. The second-order valence-corrected chi connectivity index (χ2v) is 11.9. The van der Waals surface area contributed by atoms with Gasteiger partial charge in [0.1, 0.15) is 12.4 Å². The molecule has 5 aromatic rings. The predicted octanol–water partition coefficient (Wildman–Crippen LogP) is 6.24. The van der Waals surface area contributed by atoms with Crippen molar-refractivity contribution in [3.05, 3.63) is 157 Å². The number of benzene rings is 4. The summed E-state index contributed by atoms with van der Waals surface area (Å²) in [5.41, 5.74) is 4.10. The number of hydrogen-bond donors (Lipinski definition) is 0.